The number of carbonyl (C=O) groups is 2. The van der Waals surface area contributed by atoms with Gasteiger partial charge in [-0.25, -0.2) is 9.48 Å². The number of ether oxygens (including phenoxy) is 1. The van der Waals surface area contributed by atoms with Crippen LogP contribution in [-0.4, -0.2) is 73.8 Å². The number of hydrogen-bond donors (Lipinski definition) is 0. The van der Waals surface area contributed by atoms with E-state index >= 15 is 0 Å². The van der Waals surface area contributed by atoms with Crippen molar-refractivity contribution < 1.29 is 14.3 Å². The van der Waals surface area contributed by atoms with Crippen molar-refractivity contribution >= 4 is 12.0 Å². The van der Waals surface area contributed by atoms with Crippen LogP contribution in [-0.2, 0) is 4.74 Å². The number of aromatic nitrogens is 4. The molecule has 9 heteroatoms. The number of benzene rings is 1. The van der Waals surface area contributed by atoms with E-state index in [4.69, 9.17) is 4.74 Å². The van der Waals surface area contributed by atoms with E-state index in [1.807, 2.05) is 26.8 Å². The molecule has 1 aliphatic rings. The Morgan fingerprint density at radius 1 is 1.07 bits per heavy atom. The number of rotatable bonds is 2. The average Bonchev–Trinajstić information content (AvgIpc) is 3.04. The molecule has 1 aliphatic heterocycles. The Kier molecular flexibility index (Phi) is 5.38. The van der Waals surface area contributed by atoms with Crippen LogP contribution in [0.15, 0.2) is 30.6 Å². The normalized spacial score (nSPS) is 15.4. The first-order valence-electron chi connectivity index (χ1n) is 8.94. The fraction of sp³-hybridized carbons (Fsp3) is 0.500. The molecule has 2 aromatic rings. The number of carbonyl (C=O) groups excluding carboxylic acids is 2. The molecule has 0 spiro atoms. The first-order valence-corrected chi connectivity index (χ1v) is 8.94. The van der Waals surface area contributed by atoms with E-state index in [0.717, 1.165) is 5.69 Å². The number of nitrogens with zero attached hydrogens (tertiary/aromatic N) is 6. The topological polar surface area (TPSA) is 93.5 Å². The van der Waals surface area contributed by atoms with E-state index in [-0.39, 0.29) is 12.0 Å². The molecular formula is C18H24N6O3. The Morgan fingerprint density at radius 2 is 1.81 bits per heavy atom. The van der Waals surface area contributed by atoms with Gasteiger partial charge in [0.25, 0.3) is 5.91 Å². The van der Waals surface area contributed by atoms with Gasteiger partial charge in [-0.15, -0.1) is 5.10 Å². The second-order valence-corrected chi connectivity index (χ2v) is 7.42. The third-order valence-electron chi connectivity index (χ3n) is 4.14. The van der Waals surface area contributed by atoms with Crippen LogP contribution >= 0.6 is 0 Å². The molecule has 27 heavy (non-hydrogen) atoms. The summed E-state index contributed by atoms with van der Waals surface area (Å²) in [7, 11) is 0. The van der Waals surface area contributed by atoms with E-state index in [2.05, 4.69) is 15.5 Å². The molecule has 144 valence electrons. The van der Waals surface area contributed by atoms with Crippen molar-refractivity contribution in [2.24, 2.45) is 0 Å². The minimum atomic E-state index is -0.532. The van der Waals surface area contributed by atoms with Crippen LogP contribution in [0.5, 0.6) is 0 Å². The molecule has 0 aliphatic carbocycles. The van der Waals surface area contributed by atoms with Crippen LogP contribution in [0, 0.1) is 0 Å². The molecule has 0 radical (unpaired) electrons. The maximum Gasteiger partial charge on any atom is 0.410 e. The van der Waals surface area contributed by atoms with Crippen molar-refractivity contribution in [2.75, 3.05) is 26.2 Å². The predicted molar refractivity (Wildman–Crippen MR) is 97.5 cm³/mol. The van der Waals surface area contributed by atoms with Crippen molar-refractivity contribution in [3.8, 4) is 5.69 Å². The zero-order valence-electron chi connectivity index (χ0n) is 15.8. The monoisotopic (exact) mass is 372 g/mol. The van der Waals surface area contributed by atoms with Gasteiger partial charge in [-0.3, -0.25) is 4.79 Å². The lowest BCUT2D eigenvalue weighted by atomic mass is 10.1. The number of hydrogen-bond acceptors (Lipinski definition) is 6. The molecule has 0 atom stereocenters. The lowest BCUT2D eigenvalue weighted by molar-refractivity contribution is 0.0255. The first-order chi connectivity index (χ1) is 12.8. The molecule has 0 N–H and O–H groups in total. The Hall–Kier alpha value is -2.97. The summed E-state index contributed by atoms with van der Waals surface area (Å²) in [5, 5.41) is 11.1. The zero-order valence-corrected chi connectivity index (χ0v) is 15.8. The average molecular weight is 372 g/mol. The maximum atomic E-state index is 12.9. The van der Waals surface area contributed by atoms with E-state index in [1.165, 1.54) is 11.0 Å². The number of amides is 2. The highest BCUT2D eigenvalue weighted by Crippen LogP contribution is 2.15. The highest BCUT2D eigenvalue weighted by Gasteiger charge is 2.26. The largest absolute Gasteiger partial charge is 0.444 e. The van der Waals surface area contributed by atoms with Crippen molar-refractivity contribution in [1.29, 1.82) is 0 Å². The molecule has 2 amide bonds. The minimum absolute atomic E-state index is 0.0732. The summed E-state index contributed by atoms with van der Waals surface area (Å²) in [5.41, 5.74) is 0.750. The summed E-state index contributed by atoms with van der Waals surface area (Å²) >= 11 is 0. The molecule has 9 nitrogen and oxygen atoms in total. The van der Waals surface area contributed by atoms with Crippen LogP contribution < -0.4 is 0 Å². The fourth-order valence-corrected chi connectivity index (χ4v) is 2.87. The Morgan fingerprint density at radius 3 is 2.52 bits per heavy atom. The van der Waals surface area contributed by atoms with Crippen LogP contribution in [0.1, 0.15) is 37.6 Å². The molecule has 0 saturated carbocycles. The van der Waals surface area contributed by atoms with Crippen molar-refractivity contribution in [3.63, 3.8) is 0 Å². The summed E-state index contributed by atoms with van der Waals surface area (Å²) in [5.74, 6) is -0.0732. The van der Waals surface area contributed by atoms with E-state index in [9.17, 15) is 9.59 Å². The molecule has 1 fully saturated rings. The van der Waals surface area contributed by atoms with Gasteiger partial charge in [0.15, 0.2) is 0 Å². The molecule has 0 bridgehead atoms. The standard InChI is InChI=1S/C18H24N6O3/c1-18(2,3)27-17(26)23-9-5-8-22(10-11-23)16(25)14-6-4-7-15(12-14)24-13-19-20-21-24/h4,6-7,12-13H,5,8-11H2,1-3H3. The molecule has 1 aromatic heterocycles. The van der Waals surface area contributed by atoms with Gasteiger partial charge in [-0.1, -0.05) is 6.07 Å². The van der Waals surface area contributed by atoms with Crippen LogP contribution in [0.4, 0.5) is 4.79 Å². The molecule has 1 saturated heterocycles. The van der Waals surface area contributed by atoms with Gasteiger partial charge in [-0.05, 0) is 55.8 Å². The molecule has 0 unspecified atom stereocenters. The van der Waals surface area contributed by atoms with Gasteiger partial charge in [0.2, 0.25) is 0 Å². The zero-order chi connectivity index (χ0) is 19.4. The van der Waals surface area contributed by atoms with Crippen molar-refractivity contribution in [2.45, 2.75) is 32.8 Å². The maximum absolute atomic E-state index is 12.9. The van der Waals surface area contributed by atoms with Crippen LogP contribution in [0.25, 0.3) is 5.69 Å². The second kappa shape index (κ2) is 7.73. The Balaban J connectivity index is 1.66. The summed E-state index contributed by atoms with van der Waals surface area (Å²) in [6.45, 7) is 7.61. The fourth-order valence-electron chi connectivity index (χ4n) is 2.87. The Bertz CT molecular complexity index is 800. The SMILES string of the molecule is CC(C)(C)OC(=O)N1CCCN(C(=O)c2cccc(-n3cnnn3)c2)CC1. The van der Waals surface area contributed by atoms with E-state index in [0.29, 0.717) is 38.2 Å². The lowest BCUT2D eigenvalue weighted by Gasteiger charge is -2.26. The minimum Gasteiger partial charge on any atom is -0.444 e. The lowest BCUT2D eigenvalue weighted by Crippen LogP contribution is -2.40. The Labute approximate surface area is 157 Å². The number of tetrazole rings is 1. The van der Waals surface area contributed by atoms with Crippen LogP contribution in [0.2, 0.25) is 0 Å². The van der Waals surface area contributed by atoms with Gasteiger partial charge in [-0.2, -0.15) is 0 Å². The van der Waals surface area contributed by atoms with Crippen LogP contribution in [0.3, 0.4) is 0 Å². The van der Waals surface area contributed by atoms with Gasteiger partial charge in [0.05, 0.1) is 5.69 Å². The molecule has 2 heterocycles. The van der Waals surface area contributed by atoms with Gasteiger partial charge in [0.1, 0.15) is 11.9 Å². The summed E-state index contributed by atoms with van der Waals surface area (Å²) in [4.78, 5) is 28.6. The predicted octanol–water partition coefficient (Wildman–Crippen LogP) is 1.75. The third kappa shape index (κ3) is 4.81. The van der Waals surface area contributed by atoms with Gasteiger partial charge >= 0.3 is 6.09 Å². The highest BCUT2D eigenvalue weighted by atomic mass is 16.6. The van der Waals surface area contributed by atoms with Gasteiger partial charge in [0, 0.05) is 31.7 Å². The highest BCUT2D eigenvalue weighted by molar-refractivity contribution is 5.94. The molecule has 3 rings (SSSR count). The van der Waals surface area contributed by atoms with E-state index < -0.39 is 5.60 Å². The van der Waals surface area contributed by atoms with Crippen molar-refractivity contribution in [1.82, 2.24) is 30.0 Å². The summed E-state index contributed by atoms with van der Waals surface area (Å²) in [6.07, 6.45) is 1.85. The second-order valence-electron chi connectivity index (χ2n) is 7.42. The third-order valence-corrected chi connectivity index (χ3v) is 4.14. The summed E-state index contributed by atoms with van der Waals surface area (Å²) < 4.78 is 6.94. The summed E-state index contributed by atoms with van der Waals surface area (Å²) in [6, 6.07) is 7.16. The van der Waals surface area contributed by atoms with Crippen molar-refractivity contribution in [3.05, 3.63) is 36.2 Å². The molecular weight excluding hydrogens is 348 g/mol. The quantitative estimate of drug-likeness (QED) is 0.797. The van der Waals surface area contributed by atoms with E-state index in [1.54, 1.807) is 28.0 Å². The van der Waals surface area contributed by atoms with Gasteiger partial charge < -0.3 is 14.5 Å². The first kappa shape index (κ1) is 18.8. The molecule has 1 aromatic carbocycles. The smallest absolute Gasteiger partial charge is 0.410 e.